The van der Waals surface area contributed by atoms with E-state index in [1.165, 1.54) is 44.2 Å². The van der Waals surface area contributed by atoms with E-state index in [-0.39, 0.29) is 17.3 Å². The molecule has 0 aliphatic heterocycles. The predicted octanol–water partition coefficient (Wildman–Crippen LogP) is 4.16. The average molecular weight is 383 g/mol. The van der Waals surface area contributed by atoms with Crippen molar-refractivity contribution in [3.63, 3.8) is 0 Å². The van der Waals surface area contributed by atoms with Crippen molar-refractivity contribution in [2.45, 2.75) is 44.1 Å². The van der Waals surface area contributed by atoms with Gasteiger partial charge in [-0.05, 0) is 80.0 Å². The number of benzene rings is 1. The van der Waals surface area contributed by atoms with Crippen LogP contribution in [0.15, 0.2) is 24.3 Å². The van der Waals surface area contributed by atoms with E-state index in [9.17, 15) is 18.0 Å². The normalized spacial score (nSPS) is 34.5. The van der Waals surface area contributed by atoms with E-state index < -0.39 is 6.36 Å². The summed E-state index contributed by atoms with van der Waals surface area (Å²) in [6, 6.07) is 4.98. The van der Waals surface area contributed by atoms with Gasteiger partial charge in [-0.1, -0.05) is 0 Å². The molecule has 1 amide bonds. The molecule has 4 bridgehead atoms. The Morgan fingerprint density at radius 3 is 2.11 bits per heavy atom. The molecule has 148 valence electrons. The summed E-state index contributed by atoms with van der Waals surface area (Å²) in [5.74, 6) is 1.90. The Labute approximate surface area is 156 Å². The second kappa shape index (κ2) is 6.69. The largest absolute Gasteiger partial charge is 0.573 e. The van der Waals surface area contributed by atoms with Crippen LogP contribution in [0.1, 0.15) is 42.5 Å². The lowest BCUT2D eigenvalue weighted by molar-refractivity contribution is -0.274. The van der Waals surface area contributed by atoms with E-state index >= 15 is 0 Å². The topological polar surface area (TPSA) is 47.6 Å². The van der Waals surface area contributed by atoms with Gasteiger partial charge in [0.15, 0.2) is 0 Å². The number of alkyl halides is 3. The number of hydrogen-bond donors (Lipinski definition) is 1. The van der Waals surface area contributed by atoms with E-state index in [2.05, 4.69) is 10.1 Å². The third kappa shape index (κ3) is 3.53. The summed E-state index contributed by atoms with van der Waals surface area (Å²) in [4.78, 5) is 12.5. The van der Waals surface area contributed by atoms with Crippen molar-refractivity contribution in [1.29, 1.82) is 0 Å². The maximum absolute atomic E-state index is 12.5. The molecule has 1 aromatic carbocycles. The molecular formula is C20H24F3NO3. The fourth-order valence-electron chi connectivity index (χ4n) is 5.80. The van der Waals surface area contributed by atoms with Crippen LogP contribution >= 0.6 is 0 Å². The Kier molecular flexibility index (Phi) is 4.61. The summed E-state index contributed by atoms with van der Waals surface area (Å²) in [6.07, 6.45) is 1.26. The van der Waals surface area contributed by atoms with Crippen molar-refractivity contribution < 1.29 is 27.4 Å². The molecular weight excluding hydrogens is 359 g/mol. The Morgan fingerprint density at radius 1 is 1.07 bits per heavy atom. The minimum Gasteiger partial charge on any atom is -0.406 e. The molecule has 1 aromatic rings. The zero-order chi connectivity index (χ0) is 19.2. The average Bonchev–Trinajstić information content (AvgIpc) is 2.60. The number of methoxy groups -OCH3 is 1. The number of amides is 1. The van der Waals surface area contributed by atoms with Crippen molar-refractivity contribution in [2.75, 3.05) is 13.7 Å². The first kappa shape index (κ1) is 18.6. The molecule has 27 heavy (non-hydrogen) atoms. The van der Waals surface area contributed by atoms with Crippen molar-refractivity contribution in [3.8, 4) is 5.75 Å². The molecule has 0 atom stereocenters. The summed E-state index contributed by atoms with van der Waals surface area (Å²) in [5.41, 5.74) is -0.0119. The first-order valence-electron chi connectivity index (χ1n) is 9.48. The van der Waals surface area contributed by atoms with Crippen molar-refractivity contribution >= 4 is 5.91 Å². The number of nitrogens with one attached hydrogen (secondary N) is 1. The predicted molar refractivity (Wildman–Crippen MR) is 92.2 cm³/mol. The second-order valence-electron chi connectivity index (χ2n) is 8.22. The minimum absolute atomic E-state index is 0.305. The molecule has 4 nitrogen and oxygen atoms in total. The van der Waals surface area contributed by atoms with Gasteiger partial charge in [-0.15, -0.1) is 13.2 Å². The van der Waals surface area contributed by atoms with E-state index in [0.29, 0.717) is 23.9 Å². The Hall–Kier alpha value is -1.76. The van der Waals surface area contributed by atoms with Crippen LogP contribution in [0.5, 0.6) is 5.75 Å². The Balaban J connectivity index is 1.41. The SMILES string of the molecule is COC1(CNC(=O)c2ccc(OC(F)(F)F)cc2)C2CC3CC(C2)CC1C3. The van der Waals surface area contributed by atoms with Gasteiger partial charge >= 0.3 is 6.36 Å². The van der Waals surface area contributed by atoms with Crippen LogP contribution in [-0.2, 0) is 4.74 Å². The lowest BCUT2D eigenvalue weighted by atomic mass is 9.49. The van der Waals surface area contributed by atoms with Crippen LogP contribution in [0.3, 0.4) is 0 Å². The number of rotatable bonds is 5. The minimum atomic E-state index is -4.74. The molecule has 1 N–H and O–H groups in total. The molecule has 5 rings (SSSR count). The summed E-state index contributed by atoms with van der Waals surface area (Å²) in [7, 11) is 1.73. The molecule has 0 radical (unpaired) electrons. The summed E-state index contributed by atoms with van der Waals surface area (Å²) >= 11 is 0. The van der Waals surface area contributed by atoms with E-state index in [0.717, 1.165) is 24.0 Å². The first-order chi connectivity index (χ1) is 12.8. The monoisotopic (exact) mass is 383 g/mol. The molecule has 4 aliphatic rings. The van der Waals surface area contributed by atoms with Gasteiger partial charge in [-0.2, -0.15) is 0 Å². The molecule has 0 saturated heterocycles. The molecule has 4 fully saturated rings. The molecule has 0 heterocycles. The number of carbonyl (C=O) groups is 1. The lowest BCUT2D eigenvalue weighted by Crippen LogP contribution is -2.63. The third-order valence-electron chi connectivity index (χ3n) is 6.78. The zero-order valence-electron chi connectivity index (χ0n) is 15.2. The number of ether oxygens (including phenoxy) is 2. The van der Waals surface area contributed by atoms with Crippen molar-refractivity contribution in [2.24, 2.45) is 23.7 Å². The molecule has 4 aliphatic carbocycles. The van der Waals surface area contributed by atoms with Gasteiger partial charge in [-0.25, -0.2) is 0 Å². The van der Waals surface area contributed by atoms with Gasteiger partial charge in [0, 0.05) is 19.2 Å². The van der Waals surface area contributed by atoms with Crippen LogP contribution in [0.25, 0.3) is 0 Å². The van der Waals surface area contributed by atoms with Crippen LogP contribution in [0, 0.1) is 23.7 Å². The van der Waals surface area contributed by atoms with Gasteiger partial charge < -0.3 is 14.8 Å². The Bertz CT molecular complexity index is 673. The smallest absolute Gasteiger partial charge is 0.406 e. The molecule has 0 aromatic heterocycles. The fraction of sp³-hybridized carbons (Fsp3) is 0.650. The van der Waals surface area contributed by atoms with E-state index in [1.807, 2.05) is 0 Å². The van der Waals surface area contributed by atoms with Gasteiger partial charge in [0.05, 0.1) is 5.60 Å². The van der Waals surface area contributed by atoms with E-state index in [1.54, 1.807) is 7.11 Å². The van der Waals surface area contributed by atoms with Gasteiger partial charge in [0.2, 0.25) is 0 Å². The summed E-state index contributed by atoms with van der Waals surface area (Å²) in [5, 5.41) is 2.96. The highest BCUT2D eigenvalue weighted by Gasteiger charge is 2.57. The van der Waals surface area contributed by atoms with Crippen LogP contribution in [0.4, 0.5) is 13.2 Å². The zero-order valence-corrected chi connectivity index (χ0v) is 15.2. The lowest BCUT2D eigenvalue weighted by Gasteiger charge is -2.60. The quantitative estimate of drug-likeness (QED) is 0.831. The van der Waals surface area contributed by atoms with Gasteiger partial charge in [0.25, 0.3) is 5.91 Å². The number of halogens is 3. The van der Waals surface area contributed by atoms with Crippen molar-refractivity contribution in [1.82, 2.24) is 5.32 Å². The highest BCUT2D eigenvalue weighted by Crippen LogP contribution is 2.59. The van der Waals surface area contributed by atoms with Crippen molar-refractivity contribution in [3.05, 3.63) is 29.8 Å². The van der Waals surface area contributed by atoms with Crippen LogP contribution in [0.2, 0.25) is 0 Å². The molecule has 0 spiro atoms. The third-order valence-corrected chi connectivity index (χ3v) is 6.78. The maximum Gasteiger partial charge on any atom is 0.573 e. The first-order valence-corrected chi connectivity index (χ1v) is 9.48. The number of carbonyl (C=O) groups excluding carboxylic acids is 1. The second-order valence-corrected chi connectivity index (χ2v) is 8.22. The Morgan fingerprint density at radius 2 is 1.63 bits per heavy atom. The highest BCUT2D eigenvalue weighted by atomic mass is 19.4. The highest BCUT2D eigenvalue weighted by molar-refractivity contribution is 5.94. The van der Waals surface area contributed by atoms with E-state index in [4.69, 9.17) is 4.74 Å². The number of hydrogen-bond acceptors (Lipinski definition) is 3. The van der Waals surface area contributed by atoms with Crippen LogP contribution < -0.4 is 10.1 Å². The summed E-state index contributed by atoms with van der Waals surface area (Å²) in [6.45, 7) is 0.442. The molecule has 0 unspecified atom stereocenters. The fourth-order valence-corrected chi connectivity index (χ4v) is 5.80. The summed E-state index contributed by atoms with van der Waals surface area (Å²) < 4.78 is 46.6. The maximum atomic E-state index is 12.5. The van der Waals surface area contributed by atoms with Gasteiger partial charge in [-0.3, -0.25) is 4.79 Å². The molecule has 4 saturated carbocycles. The van der Waals surface area contributed by atoms with Gasteiger partial charge in [0.1, 0.15) is 5.75 Å². The standard InChI is InChI=1S/C20H24F3NO3/c1-26-19(15-7-12-6-13(9-15)10-16(19)8-12)11-24-18(25)14-2-4-17(5-3-14)27-20(21,22)23/h2-5,12-13,15-16H,6-11H2,1H3,(H,24,25). The molecule has 7 heteroatoms. The van der Waals surface area contributed by atoms with Crippen LogP contribution in [-0.4, -0.2) is 31.5 Å².